The summed E-state index contributed by atoms with van der Waals surface area (Å²) in [5.41, 5.74) is 2.77. The van der Waals surface area contributed by atoms with E-state index in [1.807, 2.05) is 0 Å². The van der Waals surface area contributed by atoms with Crippen LogP contribution in [-0.2, 0) is 0 Å². The summed E-state index contributed by atoms with van der Waals surface area (Å²) >= 11 is 0. The molecule has 0 aliphatic rings. The van der Waals surface area contributed by atoms with Crippen LogP contribution in [0.2, 0.25) is 0 Å². The third-order valence-corrected chi connectivity index (χ3v) is 2.25. The number of hydrogen-bond donors (Lipinski definition) is 1. The van der Waals surface area contributed by atoms with E-state index in [0.717, 1.165) is 11.4 Å². The lowest BCUT2D eigenvalue weighted by atomic mass is 10.2. The zero-order valence-corrected chi connectivity index (χ0v) is 11.2. The molecule has 2 rings (SSSR count). The predicted octanol–water partition coefficient (Wildman–Crippen LogP) is -1.59. The highest BCUT2D eigenvalue weighted by Gasteiger charge is 2.05. The molecule has 0 atom stereocenters. The van der Waals surface area contributed by atoms with Gasteiger partial charge in [-0.1, -0.05) is 0 Å². The number of rotatable bonds is 2. The third kappa shape index (κ3) is 4.44. The third-order valence-electron chi connectivity index (χ3n) is 2.25. The maximum Gasteiger partial charge on any atom is 0.385 e. The average molecular weight is 294 g/mol. The lowest BCUT2D eigenvalue weighted by Gasteiger charge is -2.03. The van der Waals surface area contributed by atoms with Gasteiger partial charge in [-0.2, -0.15) is 0 Å². The molecule has 7 heteroatoms. The van der Waals surface area contributed by atoms with E-state index in [2.05, 4.69) is 15.3 Å². The molecule has 0 saturated carbocycles. The Bertz CT molecular complexity index is 541. The lowest BCUT2D eigenvalue weighted by molar-refractivity contribution is -0.001000. The first-order valence-electron chi connectivity index (χ1n) is 4.99. The summed E-state index contributed by atoms with van der Waals surface area (Å²) in [4.78, 5) is 6.15. The Kier molecular flexibility index (Phi) is 6.91. The Hall–Kier alpha value is -2.34. The van der Waals surface area contributed by atoms with E-state index in [-0.39, 0.29) is 24.8 Å². The van der Waals surface area contributed by atoms with Gasteiger partial charge in [-0.15, -0.1) is 0 Å². The van der Waals surface area contributed by atoms with Crippen molar-refractivity contribution in [1.82, 2.24) is 0 Å². The molecule has 1 N–H and O–H groups in total. The topological polar surface area (TPSA) is 68.3 Å². The molecule has 0 spiro atoms. The SMILES string of the molecule is N#[N+]c1ccc(Nc2ccc([N+]#N)cc2)cc1.[Cl-].[Cl-]. The van der Waals surface area contributed by atoms with Crippen molar-refractivity contribution in [2.45, 2.75) is 0 Å². The second kappa shape index (κ2) is 7.88. The zero-order chi connectivity index (χ0) is 12.1. The molecule has 0 fully saturated rings. The molecule has 0 saturated heterocycles. The summed E-state index contributed by atoms with van der Waals surface area (Å²) < 4.78 is 0. The standard InChI is InChI=1S/C12H9N5.2ClH/c13-16-11-5-1-9(2-6-11)15-10-3-7-12(17-14)8-4-10;;/h1-8,15H;2*1H/q+2;;/p-2. The number of diazo groups is 2. The van der Waals surface area contributed by atoms with Gasteiger partial charge in [-0.3, -0.25) is 0 Å². The minimum Gasteiger partial charge on any atom is -1.00 e. The summed E-state index contributed by atoms with van der Waals surface area (Å²) in [5, 5.41) is 20.3. The first kappa shape index (κ1) is 16.7. The molecule has 0 aliphatic carbocycles. The first-order valence-corrected chi connectivity index (χ1v) is 4.99. The van der Waals surface area contributed by atoms with Gasteiger partial charge >= 0.3 is 11.4 Å². The molecule has 0 bridgehead atoms. The van der Waals surface area contributed by atoms with Crippen LogP contribution in [0.4, 0.5) is 22.7 Å². The van der Waals surface area contributed by atoms with Crippen molar-refractivity contribution >= 4 is 22.7 Å². The van der Waals surface area contributed by atoms with Crippen molar-refractivity contribution < 1.29 is 24.8 Å². The molecule has 2 aromatic carbocycles. The van der Waals surface area contributed by atoms with Crippen LogP contribution in [0.15, 0.2) is 48.5 Å². The molecule has 0 heterocycles. The van der Waals surface area contributed by atoms with E-state index in [4.69, 9.17) is 10.8 Å². The molecular weight excluding hydrogens is 285 g/mol. The van der Waals surface area contributed by atoms with Gasteiger partial charge < -0.3 is 30.1 Å². The summed E-state index contributed by atoms with van der Waals surface area (Å²) in [6.07, 6.45) is 0. The van der Waals surface area contributed by atoms with Gasteiger partial charge in [-0.05, 0) is 24.3 Å². The monoisotopic (exact) mass is 293 g/mol. The maximum atomic E-state index is 8.55. The van der Waals surface area contributed by atoms with E-state index in [1.165, 1.54) is 0 Å². The smallest absolute Gasteiger partial charge is 0.385 e. The van der Waals surface area contributed by atoms with E-state index in [0.29, 0.717) is 11.4 Å². The van der Waals surface area contributed by atoms with Crippen molar-refractivity contribution in [2.75, 3.05) is 5.32 Å². The van der Waals surface area contributed by atoms with Crippen LogP contribution >= 0.6 is 0 Å². The van der Waals surface area contributed by atoms with Crippen LogP contribution in [0.1, 0.15) is 0 Å². The number of nitrogens with zero attached hydrogens (tertiary/aromatic N) is 4. The highest BCUT2D eigenvalue weighted by molar-refractivity contribution is 5.64. The van der Waals surface area contributed by atoms with Gasteiger partial charge in [0.25, 0.3) is 0 Å². The van der Waals surface area contributed by atoms with Crippen molar-refractivity contribution in [3.8, 4) is 0 Å². The number of benzene rings is 2. The molecule has 0 unspecified atom stereocenters. The van der Waals surface area contributed by atoms with Crippen LogP contribution in [0.3, 0.4) is 0 Å². The van der Waals surface area contributed by atoms with Crippen LogP contribution < -0.4 is 30.1 Å². The van der Waals surface area contributed by atoms with Crippen molar-refractivity contribution in [3.63, 3.8) is 0 Å². The quantitative estimate of drug-likeness (QED) is 0.679. The van der Waals surface area contributed by atoms with E-state index >= 15 is 0 Å². The summed E-state index contributed by atoms with van der Waals surface area (Å²) in [6.45, 7) is 0. The molecular formula is C12H9Cl2N5. The fourth-order valence-corrected chi connectivity index (χ4v) is 1.39. The Morgan fingerprint density at radius 2 is 0.947 bits per heavy atom. The van der Waals surface area contributed by atoms with Crippen LogP contribution in [0.5, 0.6) is 0 Å². The van der Waals surface area contributed by atoms with Gasteiger partial charge in [0.1, 0.15) is 0 Å². The van der Waals surface area contributed by atoms with Gasteiger partial charge in [-0.25, -0.2) is 0 Å². The molecule has 2 aromatic rings. The fourth-order valence-electron chi connectivity index (χ4n) is 1.39. The van der Waals surface area contributed by atoms with Crippen molar-refractivity contribution in [2.24, 2.45) is 0 Å². The first-order chi connectivity index (χ1) is 8.31. The minimum absolute atomic E-state index is 0. The van der Waals surface area contributed by atoms with Gasteiger partial charge in [0.2, 0.25) is 10.8 Å². The summed E-state index contributed by atoms with van der Waals surface area (Å²) in [7, 11) is 0. The van der Waals surface area contributed by atoms with Crippen LogP contribution in [0.25, 0.3) is 9.95 Å². The molecule has 0 aromatic heterocycles. The molecule has 19 heavy (non-hydrogen) atoms. The predicted molar refractivity (Wildman–Crippen MR) is 65.7 cm³/mol. The van der Waals surface area contributed by atoms with Crippen molar-refractivity contribution in [3.05, 3.63) is 58.5 Å². The van der Waals surface area contributed by atoms with Gasteiger partial charge in [0.15, 0.2) is 9.95 Å². The Morgan fingerprint density at radius 1 is 0.632 bits per heavy atom. The van der Waals surface area contributed by atoms with Crippen LogP contribution in [0, 0.1) is 10.8 Å². The van der Waals surface area contributed by atoms with Gasteiger partial charge in [0, 0.05) is 35.6 Å². The van der Waals surface area contributed by atoms with Crippen molar-refractivity contribution in [1.29, 1.82) is 10.8 Å². The average Bonchev–Trinajstić information content (AvgIpc) is 2.40. The second-order valence-corrected chi connectivity index (χ2v) is 3.42. The molecule has 96 valence electrons. The second-order valence-electron chi connectivity index (χ2n) is 3.42. The highest BCUT2D eigenvalue weighted by Crippen LogP contribution is 2.22. The highest BCUT2D eigenvalue weighted by atomic mass is 35.5. The Labute approximate surface area is 122 Å². The number of hydrogen-bond acceptors (Lipinski definition) is 3. The minimum atomic E-state index is 0. The number of anilines is 2. The molecule has 0 radical (unpaired) electrons. The largest absolute Gasteiger partial charge is 1.00 e. The Balaban J connectivity index is 0.00000162. The number of halogens is 2. The number of nitrogens with one attached hydrogen (secondary N) is 1. The van der Waals surface area contributed by atoms with Crippen LogP contribution in [-0.4, -0.2) is 0 Å². The van der Waals surface area contributed by atoms with E-state index < -0.39 is 0 Å². The maximum absolute atomic E-state index is 8.55. The lowest BCUT2D eigenvalue weighted by Crippen LogP contribution is -3.00. The molecule has 5 nitrogen and oxygen atoms in total. The fraction of sp³-hybridized carbons (Fsp3) is 0. The molecule has 0 aliphatic heterocycles. The Morgan fingerprint density at radius 3 is 1.21 bits per heavy atom. The zero-order valence-electron chi connectivity index (χ0n) is 9.66. The summed E-state index contributed by atoms with van der Waals surface area (Å²) in [5.74, 6) is 0. The van der Waals surface area contributed by atoms with E-state index in [9.17, 15) is 0 Å². The van der Waals surface area contributed by atoms with E-state index in [1.54, 1.807) is 48.5 Å². The normalized spacial score (nSPS) is 8.11. The molecule has 0 amide bonds. The van der Waals surface area contributed by atoms with Gasteiger partial charge in [0.05, 0.1) is 0 Å². The summed E-state index contributed by atoms with van der Waals surface area (Å²) in [6, 6.07) is 14.0.